The third-order valence-corrected chi connectivity index (χ3v) is 17.3. The Morgan fingerprint density at radius 3 is 1.13 bits per heavy atom. The molecule has 1 aliphatic carbocycles. The van der Waals surface area contributed by atoms with Gasteiger partial charge in [-0.1, -0.05) is 158 Å². The fraction of sp³-hybridized carbons (Fsp3) is 0. The molecule has 0 saturated carbocycles. The lowest BCUT2D eigenvalue weighted by molar-refractivity contribution is 1.12. The molecule has 12 aromatic carbocycles. The maximum absolute atomic E-state index is 9.92. The summed E-state index contributed by atoms with van der Waals surface area (Å²) in [7, 11) is 0. The van der Waals surface area contributed by atoms with Gasteiger partial charge in [0.1, 0.15) is 0 Å². The van der Waals surface area contributed by atoms with Gasteiger partial charge in [-0.2, -0.15) is 5.26 Å². The highest BCUT2D eigenvalue weighted by Crippen LogP contribution is 2.51. The minimum atomic E-state index is 0.596. The molecular weight excluding hydrogens is 999 g/mol. The van der Waals surface area contributed by atoms with E-state index in [-0.39, 0.29) is 0 Å². The third kappa shape index (κ3) is 6.23. The van der Waals surface area contributed by atoms with Crippen LogP contribution in [-0.4, -0.2) is 28.2 Å². The molecule has 0 spiro atoms. The molecule has 7 nitrogen and oxygen atoms in total. The lowest BCUT2D eigenvalue weighted by atomic mass is 9.99. The van der Waals surface area contributed by atoms with Crippen LogP contribution >= 0.6 is 0 Å². The van der Waals surface area contributed by atoms with Crippen LogP contribution in [0.4, 0.5) is 0 Å². The van der Waals surface area contributed by atoms with Crippen molar-refractivity contribution >= 4 is 98.0 Å². The van der Waals surface area contributed by atoms with Gasteiger partial charge in [-0.05, 0) is 119 Å². The van der Waals surface area contributed by atoms with Crippen molar-refractivity contribution in [2.45, 2.75) is 0 Å². The highest BCUT2D eigenvalue weighted by atomic mass is 15.0. The zero-order chi connectivity index (χ0) is 53.7. The van der Waals surface area contributed by atoms with Crippen LogP contribution in [0.5, 0.6) is 0 Å². The van der Waals surface area contributed by atoms with Crippen LogP contribution in [0.15, 0.2) is 261 Å². The Morgan fingerprint density at radius 2 is 0.683 bits per heavy atom. The molecule has 5 aromatic heterocycles. The van der Waals surface area contributed by atoms with Gasteiger partial charge in [-0.25, -0.2) is 9.97 Å². The standard InChI is InChI=1S/C75H43N7/c76-44-45-31-33-47(34-32-45)73-72-59-23-13-15-46-16-14-24-60(71(46)59)74(72)78-75(77-73)48-39-51(81-67-29-11-5-21-57(67)61-42-49(35-37-69(61)81)79-63-25-7-1-17-53(63)54-18-2-8-26-64(54)79)41-52(40-48)82-68-30-12-6-22-58(68)62-43-50(36-38-70(62)82)80-65-27-9-3-19-55(65)56-20-4-10-28-66(56)80/h1-43H. The molecular formula is C75H43N7. The van der Waals surface area contributed by atoms with Crippen LogP contribution in [-0.2, 0) is 0 Å². The van der Waals surface area contributed by atoms with E-state index < -0.39 is 0 Å². The van der Waals surface area contributed by atoms with Gasteiger partial charge in [0.15, 0.2) is 5.82 Å². The summed E-state index contributed by atoms with van der Waals surface area (Å²) in [6.07, 6.45) is 0. The van der Waals surface area contributed by atoms with E-state index >= 15 is 0 Å². The first-order valence-electron chi connectivity index (χ1n) is 27.8. The summed E-state index contributed by atoms with van der Waals surface area (Å²) >= 11 is 0. The summed E-state index contributed by atoms with van der Waals surface area (Å²) in [5.74, 6) is 0.606. The highest BCUT2D eigenvalue weighted by molar-refractivity contribution is 6.18. The average molecular weight is 1040 g/mol. The van der Waals surface area contributed by atoms with Crippen molar-refractivity contribution in [3.05, 3.63) is 266 Å². The molecule has 5 heterocycles. The summed E-state index contributed by atoms with van der Waals surface area (Å²) in [5.41, 5.74) is 20.5. The number of aromatic nitrogens is 6. The lowest BCUT2D eigenvalue weighted by Crippen LogP contribution is -2.03. The summed E-state index contributed by atoms with van der Waals surface area (Å²) in [6, 6.07) is 96.3. The normalized spacial score (nSPS) is 12.1. The third-order valence-electron chi connectivity index (χ3n) is 17.3. The molecule has 1 aliphatic rings. The van der Waals surface area contributed by atoms with Crippen molar-refractivity contribution in [2.75, 3.05) is 0 Å². The largest absolute Gasteiger partial charge is 0.309 e. The van der Waals surface area contributed by atoms with Crippen LogP contribution < -0.4 is 0 Å². The number of rotatable bonds is 6. The van der Waals surface area contributed by atoms with Crippen molar-refractivity contribution in [2.24, 2.45) is 0 Å². The molecule has 0 saturated heterocycles. The maximum atomic E-state index is 9.92. The van der Waals surface area contributed by atoms with Gasteiger partial charge >= 0.3 is 0 Å². The van der Waals surface area contributed by atoms with Crippen LogP contribution in [0.1, 0.15) is 5.56 Å². The fourth-order valence-corrected chi connectivity index (χ4v) is 13.8. The van der Waals surface area contributed by atoms with Crippen molar-refractivity contribution in [1.29, 1.82) is 5.26 Å². The summed E-state index contributed by atoms with van der Waals surface area (Å²) in [5, 5.41) is 21.8. The number of fused-ring (bicyclic) bond motifs is 15. The molecule has 0 amide bonds. The number of nitriles is 1. The van der Waals surface area contributed by atoms with Crippen molar-refractivity contribution in [1.82, 2.24) is 28.2 Å². The SMILES string of the molecule is N#Cc1ccc(-c2nc(-c3cc(-n4c5ccccc5c5cc(-n6c7ccccc7c7ccccc76)ccc54)cc(-n4c5ccccc5c5cc(-n6c7ccccc7c7ccccc76)ccc54)c3)nc3c2-c2cccc4cccc-3c24)cc1. The van der Waals surface area contributed by atoms with E-state index in [1.807, 2.05) is 24.3 Å². The van der Waals surface area contributed by atoms with E-state index in [9.17, 15) is 5.26 Å². The minimum absolute atomic E-state index is 0.596. The highest BCUT2D eigenvalue weighted by Gasteiger charge is 2.29. The molecule has 0 N–H and O–H groups in total. The van der Waals surface area contributed by atoms with Crippen molar-refractivity contribution < 1.29 is 0 Å². The number of benzene rings is 12. The smallest absolute Gasteiger partial charge is 0.160 e. The molecule has 0 fully saturated rings. The Bertz CT molecular complexity index is 5300. The van der Waals surface area contributed by atoms with Gasteiger partial charge in [0.05, 0.1) is 67.2 Å². The number of hydrogen-bond donors (Lipinski definition) is 0. The predicted octanol–water partition coefficient (Wildman–Crippen LogP) is 18.9. The first-order chi connectivity index (χ1) is 40.6. The maximum Gasteiger partial charge on any atom is 0.160 e. The molecule has 0 aliphatic heterocycles. The molecule has 82 heavy (non-hydrogen) atoms. The van der Waals surface area contributed by atoms with E-state index in [1.54, 1.807) is 0 Å². The number of nitrogens with zero attached hydrogens (tertiary/aromatic N) is 7. The van der Waals surface area contributed by atoms with Gasteiger partial charge in [-0.3, -0.25) is 0 Å². The number of para-hydroxylation sites is 6. The zero-order valence-electron chi connectivity index (χ0n) is 44.0. The van der Waals surface area contributed by atoms with Gasteiger partial charge in [0, 0.05) is 88.1 Å². The molecule has 378 valence electrons. The van der Waals surface area contributed by atoms with Gasteiger partial charge in [0.25, 0.3) is 0 Å². The lowest BCUT2D eigenvalue weighted by Gasteiger charge is -2.17. The second-order valence-corrected chi connectivity index (χ2v) is 21.6. The summed E-state index contributed by atoms with van der Waals surface area (Å²) in [4.78, 5) is 11.3. The Kier molecular flexibility index (Phi) is 9.17. The van der Waals surface area contributed by atoms with Gasteiger partial charge in [-0.15, -0.1) is 0 Å². The van der Waals surface area contributed by atoms with E-state index in [0.717, 1.165) is 111 Å². The van der Waals surface area contributed by atoms with E-state index in [4.69, 9.17) is 9.97 Å². The van der Waals surface area contributed by atoms with Crippen LogP contribution in [0.25, 0.3) is 166 Å². The number of hydrogen-bond acceptors (Lipinski definition) is 3. The Hall–Kier alpha value is -11.3. The fourth-order valence-electron chi connectivity index (χ4n) is 13.8. The second kappa shape index (κ2) is 16.8. The predicted molar refractivity (Wildman–Crippen MR) is 337 cm³/mol. The topological polar surface area (TPSA) is 69.3 Å². The van der Waals surface area contributed by atoms with Crippen LogP contribution in [0.2, 0.25) is 0 Å². The van der Waals surface area contributed by atoms with E-state index in [1.165, 1.54) is 49.0 Å². The van der Waals surface area contributed by atoms with E-state index in [0.29, 0.717) is 11.4 Å². The first kappa shape index (κ1) is 44.6. The first-order valence-corrected chi connectivity index (χ1v) is 27.8. The van der Waals surface area contributed by atoms with E-state index in [2.05, 4.69) is 261 Å². The molecule has 0 radical (unpaired) electrons. The van der Waals surface area contributed by atoms with Crippen molar-refractivity contribution in [3.63, 3.8) is 0 Å². The summed E-state index contributed by atoms with van der Waals surface area (Å²) in [6.45, 7) is 0. The summed E-state index contributed by atoms with van der Waals surface area (Å²) < 4.78 is 9.65. The minimum Gasteiger partial charge on any atom is -0.309 e. The molecule has 18 rings (SSSR count). The Balaban J connectivity index is 0.916. The average Bonchev–Trinajstić information content (AvgIpc) is 4.50. The molecule has 0 unspecified atom stereocenters. The molecule has 0 atom stereocenters. The van der Waals surface area contributed by atoms with Crippen LogP contribution in [0.3, 0.4) is 0 Å². The Labute approximate surface area is 469 Å². The monoisotopic (exact) mass is 1040 g/mol. The zero-order valence-corrected chi connectivity index (χ0v) is 44.0. The molecule has 7 heteroatoms. The second-order valence-electron chi connectivity index (χ2n) is 21.6. The molecule has 0 bridgehead atoms. The van der Waals surface area contributed by atoms with Crippen molar-refractivity contribution in [3.8, 4) is 73.8 Å². The molecule has 17 aromatic rings. The van der Waals surface area contributed by atoms with Gasteiger partial charge in [0.2, 0.25) is 0 Å². The van der Waals surface area contributed by atoms with Crippen LogP contribution in [0, 0.1) is 11.3 Å². The van der Waals surface area contributed by atoms with Gasteiger partial charge < -0.3 is 18.3 Å². The quantitative estimate of drug-likeness (QED) is 0.167. The Morgan fingerprint density at radius 1 is 0.293 bits per heavy atom.